The number of anilines is 1. The molecule has 0 saturated carbocycles. The Morgan fingerprint density at radius 2 is 2.15 bits per heavy atom. The molecule has 9 heteroatoms. The van der Waals surface area contributed by atoms with Crippen LogP contribution in [0.2, 0.25) is 5.02 Å². The minimum absolute atomic E-state index is 0.00763. The fourth-order valence-corrected chi connectivity index (χ4v) is 3.26. The summed E-state index contributed by atoms with van der Waals surface area (Å²) in [6.45, 7) is 5.07. The maximum Gasteiger partial charge on any atom is 0.172 e. The molecule has 1 unspecified atom stereocenters. The van der Waals surface area contributed by atoms with Crippen molar-refractivity contribution in [3.63, 3.8) is 0 Å². The molecule has 0 saturated heterocycles. The normalized spacial score (nSPS) is 12.0. The van der Waals surface area contributed by atoms with Crippen molar-refractivity contribution in [3.8, 4) is 0 Å². The van der Waals surface area contributed by atoms with Gasteiger partial charge in [-0.15, -0.1) is 0 Å². The molecule has 0 amide bonds. The molecule has 3 aromatic rings. The van der Waals surface area contributed by atoms with Crippen molar-refractivity contribution in [2.45, 2.75) is 33.0 Å². The molecule has 2 aromatic heterocycles. The van der Waals surface area contributed by atoms with E-state index in [0.717, 1.165) is 12.2 Å². The van der Waals surface area contributed by atoms with Crippen LogP contribution >= 0.6 is 23.8 Å². The third-order valence-electron chi connectivity index (χ3n) is 4.10. The summed E-state index contributed by atoms with van der Waals surface area (Å²) < 4.78 is 17.4. The van der Waals surface area contributed by atoms with Crippen LogP contribution in [0.4, 0.5) is 10.2 Å². The topological polar surface area (TPSA) is 59.7 Å². The molecule has 2 N–H and O–H groups in total. The highest BCUT2D eigenvalue weighted by atomic mass is 35.5. The van der Waals surface area contributed by atoms with Crippen LogP contribution in [-0.2, 0) is 13.1 Å². The zero-order valence-corrected chi connectivity index (χ0v) is 16.6. The molecule has 0 spiro atoms. The first kappa shape index (κ1) is 19.3. The second-order valence-electron chi connectivity index (χ2n) is 5.99. The summed E-state index contributed by atoms with van der Waals surface area (Å²) in [5.41, 5.74) is 1.44. The van der Waals surface area contributed by atoms with Crippen LogP contribution in [0, 0.1) is 5.82 Å². The molecule has 0 aliphatic rings. The van der Waals surface area contributed by atoms with E-state index in [1.54, 1.807) is 35.3 Å². The fourth-order valence-electron chi connectivity index (χ4n) is 2.76. The first-order valence-corrected chi connectivity index (χ1v) is 9.32. The molecule has 0 aliphatic carbocycles. The second-order valence-corrected chi connectivity index (χ2v) is 6.81. The number of benzene rings is 1. The molecule has 27 heavy (non-hydrogen) atoms. The van der Waals surface area contributed by atoms with E-state index in [1.165, 1.54) is 6.07 Å². The molecular formula is C18H20ClFN6S. The van der Waals surface area contributed by atoms with E-state index < -0.39 is 0 Å². The summed E-state index contributed by atoms with van der Waals surface area (Å²) in [6.07, 6.45) is 3.51. The quantitative estimate of drug-likeness (QED) is 0.606. The lowest BCUT2D eigenvalue weighted by molar-refractivity contribution is 0.568. The smallest absolute Gasteiger partial charge is 0.172 e. The van der Waals surface area contributed by atoms with Crippen LogP contribution in [0.1, 0.15) is 31.1 Å². The lowest BCUT2D eigenvalue weighted by Gasteiger charge is -2.17. The zero-order valence-electron chi connectivity index (χ0n) is 15.0. The Bertz CT molecular complexity index is 917. The van der Waals surface area contributed by atoms with Gasteiger partial charge in [-0.05, 0) is 44.3 Å². The van der Waals surface area contributed by atoms with Crippen molar-refractivity contribution >= 4 is 34.7 Å². The molecule has 3 rings (SSSR count). The zero-order chi connectivity index (χ0) is 19.4. The fraction of sp³-hybridized carbons (Fsp3) is 0.278. The molecule has 0 fully saturated rings. The Morgan fingerprint density at radius 3 is 2.89 bits per heavy atom. The van der Waals surface area contributed by atoms with Gasteiger partial charge < -0.3 is 10.6 Å². The van der Waals surface area contributed by atoms with Crippen molar-refractivity contribution in [1.29, 1.82) is 0 Å². The van der Waals surface area contributed by atoms with E-state index in [-0.39, 0.29) is 18.4 Å². The van der Waals surface area contributed by atoms with Gasteiger partial charge in [0, 0.05) is 35.6 Å². The summed E-state index contributed by atoms with van der Waals surface area (Å²) >= 11 is 11.4. The van der Waals surface area contributed by atoms with E-state index >= 15 is 0 Å². The van der Waals surface area contributed by atoms with Gasteiger partial charge in [-0.3, -0.25) is 9.36 Å². The molecular weight excluding hydrogens is 387 g/mol. The van der Waals surface area contributed by atoms with Gasteiger partial charge in [-0.1, -0.05) is 17.7 Å². The molecule has 0 aliphatic heterocycles. The summed E-state index contributed by atoms with van der Waals surface area (Å²) in [7, 11) is 0. The molecule has 2 heterocycles. The minimum atomic E-state index is -0.356. The summed E-state index contributed by atoms with van der Waals surface area (Å²) in [5, 5.41) is 15.7. The summed E-state index contributed by atoms with van der Waals surface area (Å²) in [5.74, 6) is 0.210. The van der Waals surface area contributed by atoms with E-state index in [4.69, 9.17) is 23.8 Å². The number of nitrogens with zero attached hydrogens (tertiary/aromatic N) is 4. The van der Waals surface area contributed by atoms with Gasteiger partial charge in [-0.2, -0.15) is 10.2 Å². The van der Waals surface area contributed by atoms with Crippen LogP contribution in [0.25, 0.3) is 0 Å². The van der Waals surface area contributed by atoms with Crippen molar-refractivity contribution in [3.05, 3.63) is 64.8 Å². The van der Waals surface area contributed by atoms with E-state index in [0.29, 0.717) is 21.5 Å². The molecule has 142 valence electrons. The number of thiocarbonyl (C=S) groups is 1. The first-order valence-electron chi connectivity index (χ1n) is 8.53. The average Bonchev–Trinajstić information content (AvgIpc) is 3.27. The van der Waals surface area contributed by atoms with E-state index in [1.807, 2.05) is 24.6 Å². The van der Waals surface area contributed by atoms with Gasteiger partial charge in [0.2, 0.25) is 0 Å². The van der Waals surface area contributed by atoms with Gasteiger partial charge in [0.1, 0.15) is 5.82 Å². The lowest BCUT2D eigenvalue weighted by atomic mass is 10.2. The summed E-state index contributed by atoms with van der Waals surface area (Å²) in [6, 6.07) is 8.33. The van der Waals surface area contributed by atoms with E-state index in [9.17, 15) is 4.39 Å². The molecule has 1 aromatic carbocycles. The second kappa shape index (κ2) is 8.49. The molecule has 0 radical (unpaired) electrons. The highest BCUT2D eigenvalue weighted by Crippen LogP contribution is 2.20. The number of aromatic nitrogens is 4. The van der Waals surface area contributed by atoms with Crippen LogP contribution in [0.3, 0.4) is 0 Å². The highest BCUT2D eigenvalue weighted by molar-refractivity contribution is 7.80. The number of halogens is 2. The summed E-state index contributed by atoms with van der Waals surface area (Å²) in [4.78, 5) is 0. The Hall–Kier alpha value is -2.45. The standard InChI is InChI=1S/C18H20ClFN6S/c1-3-26-16(7-9-21-26)12(2)22-18(27)23-17-8-10-25(24-17)11-13-14(19)5-4-6-15(13)20/h4-10,12H,3,11H2,1-2H3,(H2,22,23,24,27). The van der Waals surface area contributed by atoms with Crippen molar-refractivity contribution in [1.82, 2.24) is 24.9 Å². The minimum Gasteiger partial charge on any atom is -0.354 e. The number of rotatable bonds is 6. The van der Waals surface area contributed by atoms with Gasteiger partial charge in [0.15, 0.2) is 10.9 Å². The van der Waals surface area contributed by atoms with E-state index in [2.05, 4.69) is 20.8 Å². The van der Waals surface area contributed by atoms with Crippen LogP contribution in [0.15, 0.2) is 42.7 Å². The van der Waals surface area contributed by atoms with Crippen LogP contribution < -0.4 is 10.6 Å². The van der Waals surface area contributed by atoms with Gasteiger partial charge in [-0.25, -0.2) is 4.39 Å². The largest absolute Gasteiger partial charge is 0.354 e. The molecule has 1 atom stereocenters. The van der Waals surface area contributed by atoms with Crippen LogP contribution in [-0.4, -0.2) is 24.7 Å². The first-order chi connectivity index (χ1) is 13.0. The number of nitrogens with one attached hydrogen (secondary N) is 2. The van der Waals surface area contributed by atoms with Crippen molar-refractivity contribution in [2.75, 3.05) is 5.32 Å². The highest BCUT2D eigenvalue weighted by Gasteiger charge is 2.13. The number of hydrogen-bond acceptors (Lipinski definition) is 3. The Kier molecular flexibility index (Phi) is 6.08. The number of hydrogen-bond donors (Lipinski definition) is 2. The Labute approximate surface area is 167 Å². The maximum atomic E-state index is 13.9. The lowest BCUT2D eigenvalue weighted by Crippen LogP contribution is -2.32. The van der Waals surface area contributed by atoms with Crippen molar-refractivity contribution in [2.24, 2.45) is 0 Å². The van der Waals surface area contributed by atoms with Crippen LogP contribution in [0.5, 0.6) is 0 Å². The predicted molar refractivity (Wildman–Crippen MR) is 108 cm³/mol. The molecule has 0 bridgehead atoms. The average molecular weight is 407 g/mol. The monoisotopic (exact) mass is 406 g/mol. The van der Waals surface area contributed by atoms with Gasteiger partial charge in [0.05, 0.1) is 18.3 Å². The Morgan fingerprint density at radius 1 is 1.33 bits per heavy atom. The maximum absolute atomic E-state index is 13.9. The SMILES string of the molecule is CCn1nccc1C(C)NC(=S)Nc1ccn(Cc2c(F)cccc2Cl)n1. The number of aryl methyl sites for hydroxylation is 1. The van der Waals surface area contributed by atoms with Gasteiger partial charge >= 0.3 is 0 Å². The van der Waals surface area contributed by atoms with Gasteiger partial charge in [0.25, 0.3) is 0 Å². The van der Waals surface area contributed by atoms with Crippen molar-refractivity contribution < 1.29 is 4.39 Å². The third kappa shape index (κ3) is 4.64. The molecule has 6 nitrogen and oxygen atoms in total. The Balaban J connectivity index is 1.61. The predicted octanol–water partition coefficient (Wildman–Crippen LogP) is 3.99. The third-order valence-corrected chi connectivity index (χ3v) is 4.68.